The number of carbonyl (C=O) groups is 2. The molecule has 4 nitrogen and oxygen atoms in total. The first-order chi connectivity index (χ1) is 14.3. The molecule has 0 fully saturated rings. The van der Waals surface area contributed by atoms with E-state index in [0.29, 0.717) is 28.9 Å². The van der Waals surface area contributed by atoms with Gasteiger partial charge in [0, 0.05) is 28.9 Å². The molecule has 0 spiro atoms. The standard InChI is InChI=1S/C23H28Cl2N2O2S/c1-4-11-26-23(29)17(3)27(13-18-8-6-5-7-16(18)2)22(28)15-30-14-19-9-10-20(24)12-21(19)25/h5-10,12,17H,4,11,13-15H2,1-3H3,(H,26,29)/t17-/m1/s1. The van der Waals surface area contributed by atoms with E-state index in [0.717, 1.165) is 23.1 Å². The maximum atomic E-state index is 13.1. The SMILES string of the molecule is CCCNC(=O)[C@@H](C)N(Cc1ccccc1C)C(=O)CSCc1ccc(Cl)cc1Cl. The van der Waals surface area contributed by atoms with Crippen LogP contribution in [0.4, 0.5) is 0 Å². The highest BCUT2D eigenvalue weighted by Gasteiger charge is 2.26. The predicted molar refractivity (Wildman–Crippen MR) is 127 cm³/mol. The van der Waals surface area contributed by atoms with Gasteiger partial charge in [-0.2, -0.15) is 0 Å². The van der Waals surface area contributed by atoms with Crippen LogP contribution in [-0.2, 0) is 21.9 Å². The van der Waals surface area contributed by atoms with E-state index >= 15 is 0 Å². The number of hydrogen-bond acceptors (Lipinski definition) is 3. The quantitative estimate of drug-likeness (QED) is 0.504. The highest BCUT2D eigenvalue weighted by Crippen LogP contribution is 2.25. The Hall–Kier alpha value is -1.69. The van der Waals surface area contributed by atoms with Gasteiger partial charge in [0.25, 0.3) is 0 Å². The van der Waals surface area contributed by atoms with E-state index < -0.39 is 6.04 Å². The van der Waals surface area contributed by atoms with Crippen LogP contribution in [0.5, 0.6) is 0 Å². The molecule has 0 bridgehead atoms. The molecule has 1 N–H and O–H groups in total. The summed E-state index contributed by atoms with van der Waals surface area (Å²) < 4.78 is 0. The van der Waals surface area contributed by atoms with Gasteiger partial charge >= 0.3 is 0 Å². The number of thioether (sulfide) groups is 1. The second kappa shape index (κ2) is 12.2. The van der Waals surface area contributed by atoms with Crippen LogP contribution in [-0.4, -0.2) is 35.1 Å². The highest BCUT2D eigenvalue weighted by atomic mass is 35.5. The fraction of sp³-hybridized carbons (Fsp3) is 0.391. The molecule has 2 aromatic rings. The van der Waals surface area contributed by atoms with Crippen molar-refractivity contribution in [3.8, 4) is 0 Å². The summed E-state index contributed by atoms with van der Waals surface area (Å²) in [5, 5.41) is 4.07. The zero-order chi connectivity index (χ0) is 22.1. The summed E-state index contributed by atoms with van der Waals surface area (Å²) in [4.78, 5) is 27.3. The lowest BCUT2D eigenvalue weighted by atomic mass is 10.1. The van der Waals surface area contributed by atoms with Crippen molar-refractivity contribution < 1.29 is 9.59 Å². The van der Waals surface area contributed by atoms with Crippen LogP contribution in [0.2, 0.25) is 10.0 Å². The lowest BCUT2D eigenvalue weighted by molar-refractivity contribution is -0.138. The van der Waals surface area contributed by atoms with E-state index in [9.17, 15) is 9.59 Å². The van der Waals surface area contributed by atoms with Gasteiger partial charge < -0.3 is 10.2 Å². The van der Waals surface area contributed by atoms with Crippen LogP contribution < -0.4 is 5.32 Å². The Morgan fingerprint density at radius 1 is 1.13 bits per heavy atom. The molecule has 162 valence electrons. The number of carbonyl (C=O) groups excluding carboxylic acids is 2. The monoisotopic (exact) mass is 466 g/mol. The molecule has 0 aliphatic carbocycles. The lowest BCUT2D eigenvalue weighted by Gasteiger charge is -2.29. The summed E-state index contributed by atoms with van der Waals surface area (Å²) in [5.41, 5.74) is 3.06. The molecule has 0 saturated heterocycles. The van der Waals surface area contributed by atoms with Crippen molar-refractivity contribution in [1.82, 2.24) is 10.2 Å². The van der Waals surface area contributed by atoms with Crippen LogP contribution in [0.3, 0.4) is 0 Å². The van der Waals surface area contributed by atoms with Gasteiger partial charge in [0.1, 0.15) is 6.04 Å². The van der Waals surface area contributed by atoms with Crippen molar-refractivity contribution in [2.75, 3.05) is 12.3 Å². The molecule has 2 rings (SSSR count). The molecule has 1 atom stereocenters. The average Bonchev–Trinajstić information content (AvgIpc) is 2.72. The molecule has 0 aromatic heterocycles. The van der Waals surface area contributed by atoms with Gasteiger partial charge in [-0.15, -0.1) is 11.8 Å². The smallest absolute Gasteiger partial charge is 0.242 e. The predicted octanol–water partition coefficient (Wildman–Crippen LogP) is 5.48. The fourth-order valence-corrected chi connectivity index (χ4v) is 4.39. The number of rotatable bonds is 10. The Bertz CT molecular complexity index is 876. The number of nitrogens with one attached hydrogen (secondary N) is 1. The summed E-state index contributed by atoms with van der Waals surface area (Å²) in [6.07, 6.45) is 0.849. The van der Waals surface area contributed by atoms with Gasteiger partial charge in [0.2, 0.25) is 11.8 Å². The van der Waals surface area contributed by atoms with Gasteiger partial charge in [-0.1, -0.05) is 60.5 Å². The van der Waals surface area contributed by atoms with E-state index in [1.54, 1.807) is 24.0 Å². The molecule has 0 radical (unpaired) electrons. The Morgan fingerprint density at radius 2 is 1.87 bits per heavy atom. The van der Waals surface area contributed by atoms with Gasteiger partial charge in [-0.05, 0) is 49.1 Å². The zero-order valence-electron chi connectivity index (χ0n) is 17.6. The first-order valence-electron chi connectivity index (χ1n) is 9.96. The highest BCUT2D eigenvalue weighted by molar-refractivity contribution is 7.99. The number of benzene rings is 2. The fourth-order valence-electron chi connectivity index (χ4n) is 2.92. The third-order valence-electron chi connectivity index (χ3n) is 4.82. The Morgan fingerprint density at radius 3 is 2.53 bits per heavy atom. The van der Waals surface area contributed by atoms with Crippen LogP contribution in [0, 0.1) is 6.92 Å². The normalized spacial score (nSPS) is 11.8. The third-order valence-corrected chi connectivity index (χ3v) is 6.37. The molecule has 0 saturated carbocycles. The maximum absolute atomic E-state index is 13.1. The molecule has 0 aliphatic heterocycles. The molecule has 0 aliphatic rings. The molecule has 0 unspecified atom stereocenters. The lowest BCUT2D eigenvalue weighted by Crippen LogP contribution is -2.48. The molecular formula is C23H28Cl2N2O2S. The number of hydrogen-bond donors (Lipinski definition) is 1. The summed E-state index contributed by atoms with van der Waals surface area (Å²) in [7, 11) is 0. The van der Waals surface area contributed by atoms with E-state index in [1.807, 2.05) is 44.2 Å². The van der Waals surface area contributed by atoms with Crippen molar-refractivity contribution in [2.45, 2.75) is 45.5 Å². The van der Waals surface area contributed by atoms with Gasteiger partial charge in [-0.3, -0.25) is 9.59 Å². The third kappa shape index (κ3) is 7.22. The van der Waals surface area contributed by atoms with Crippen molar-refractivity contribution in [1.29, 1.82) is 0 Å². The maximum Gasteiger partial charge on any atom is 0.242 e. The topological polar surface area (TPSA) is 49.4 Å². The molecule has 0 heterocycles. The van der Waals surface area contributed by atoms with Crippen molar-refractivity contribution in [2.24, 2.45) is 0 Å². The summed E-state index contributed by atoms with van der Waals surface area (Å²) in [6, 6.07) is 12.7. The van der Waals surface area contributed by atoms with E-state index in [4.69, 9.17) is 23.2 Å². The number of halogens is 2. The van der Waals surface area contributed by atoms with E-state index in [1.165, 1.54) is 11.8 Å². The van der Waals surface area contributed by atoms with Crippen molar-refractivity contribution in [3.63, 3.8) is 0 Å². The number of amides is 2. The van der Waals surface area contributed by atoms with E-state index in [2.05, 4.69) is 5.32 Å². The summed E-state index contributed by atoms with van der Waals surface area (Å²) in [5.74, 6) is 0.643. The van der Waals surface area contributed by atoms with Gasteiger partial charge in [0.05, 0.1) is 5.75 Å². The Labute approximate surface area is 193 Å². The molecular weight excluding hydrogens is 439 g/mol. The number of nitrogens with zero attached hydrogens (tertiary/aromatic N) is 1. The minimum absolute atomic E-state index is 0.0764. The minimum atomic E-state index is -0.552. The molecule has 2 amide bonds. The van der Waals surface area contributed by atoms with Crippen LogP contribution in [0.15, 0.2) is 42.5 Å². The largest absolute Gasteiger partial charge is 0.354 e. The van der Waals surface area contributed by atoms with Crippen LogP contribution >= 0.6 is 35.0 Å². The average molecular weight is 467 g/mol. The second-order valence-corrected chi connectivity index (χ2v) is 8.97. The molecule has 2 aromatic carbocycles. The van der Waals surface area contributed by atoms with Crippen LogP contribution in [0.25, 0.3) is 0 Å². The summed E-state index contributed by atoms with van der Waals surface area (Å²) in [6.45, 7) is 6.78. The summed E-state index contributed by atoms with van der Waals surface area (Å²) >= 11 is 13.6. The molecule has 7 heteroatoms. The van der Waals surface area contributed by atoms with Crippen LogP contribution in [0.1, 0.15) is 37.0 Å². The Kier molecular flexibility index (Phi) is 10.0. The van der Waals surface area contributed by atoms with Gasteiger partial charge in [-0.25, -0.2) is 0 Å². The second-order valence-electron chi connectivity index (χ2n) is 7.14. The molecule has 30 heavy (non-hydrogen) atoms. The van der Waals surface area contributed by atoms with Crippen molar-refractivity contribution >= 4 is 46.8 Å². The van der Waals surface area contributed by atoms with E-state index in [-0.39, 0.29) is 17.6 Å². The van der Waals surface area contributed by atoms with Crippen molar-refractivity contribution in [3.05, 3.63) is 69.2 Å². The Balaban J connectivity index is 2.08. The van der Waals surface area contributed by atoms with Gasteiger partial charge in [0.15, 0.2) is 0 Å². The minimum Gasteiger partial charge on any atom is -0.354 e. The zero-order valence-corrected chi connectivity index (χ0v) is 19.9. The first kappa shape index (κ1) is 24.6. The first-order valence-corrected chi connectivity index (χ1v) is 11.9. The number of aryl methyl sites for hydroxylation is 1.